The topological polar surface area (TPSA) is 29.5 Å². The molecule has 2 atom stereocenters. The lowest BCUT2D eigenvalue weighted by atomic mass is 9.91. The van der Waals surface area contributed by atoms with Gasteiger partial charge in [0.15, 0.2) is 0 Å². The number of ether oxygens (including phenoxy) is 1. The molecular weight excluding hydrogens is 260 g/mol. The van der Waals surface area contributed by atoms with Crippen molar-refractivity contribution < 1.29 is 9.84 Å². The van der Waals surface area contributed by atoms with Crippen LogP contribution in [0.3, 0.4) is 0 Å². The predicted octanol–water partition coefficient (Wildman–Crippen LogP) is 4.14. The smallest absolute Gasteiger partial charge is 0.119 e. The van der Waals surface area contributed by atoms with Crippen molar-refractivity contribution in [3.63, 3.8) is 0 Å². The van der Waals surface area contributed by atoms with Gasteiger partial charge >= 0.3 is 0 Å². The van der Waals surface area contributed by atoms with Crippen molar-refractivity contribution in [3.05, 3.63) is 65.7 Å². The minimum absolute atomic E-state index is 0.289. The summed E-state index contributed by atoms with van der Waals surface area (Å²) in [5.74, 6) is 1.19. The van der Waals surface area contributed by atoms with Crippen molar-refractivity contribution in [2.24, 2.45) is 5.92 Å². The molecule has 2 aromatic carbocycles. The van der Waals surface area contributed by atoms with Crippen molar-refractivity contribution >= 4 is 0 Å². The van der Waals surface area contributed by atoms with Gasteiger partial charge in [0.05, 0.1) is 12.7 Å². The molecule has 2 nitrogen and oxygen atoms in total. The lowest BCUT2D eigenvalue weighted by molar-refractivity contribution is 0.0892. The van der Waals surface area contributed by atoms with Gasteiger partial charge in [0.25, 0.3) is 0 Å². The Kier molecular flexibility index (Phi) is 4.56. The molecule has 0 aromatic heterocycles. The van der Waals surface area contributed by atoms with Gasteiger partial charge in [0.2, 0.25) is 0 Å². The van der Waals surface area contributed by atoms with Crippen LogP contribution in [0.1, 0.15) is 36.5 Å². The van der Waals surface area contributed by atoms with Gasteiger partial charge in [-0.2, -0.15) is 0 Å². The van der Waals surface area contributed by atoms with E-state index in [1.54, 1.807) is 0 Å². The Hall–Kier alpha value is -1.80. The van der Waals surface area contributed by atoms with Crippen LogP contribution in [0.5, 0.6) is 5.75 Å². The predicted molar refractivity (Wildman–Crippen MR) is 84.4 cm³/mol. The van der Waals surface area contributed by atoms with Gasteiger partial charge in [-0.05, 0) is 54.9 Å². The second-order valence-electron chi connectivity index (χ2n) is 5.75. The molecule has 0 bridgehead atoms. The third-order valence-corrected chi connectivity index (χ3v) is 4.34. The molecule has 110 valence electrons. The average Bonchev–Trinajstić information content (AvgIpc) is 2.69. The molecule has 1 aliphatic rings. The number of para-hydroxylation sites is 1. The van der Waals surface area contributed by atoms with Crippen LogP contribution in [0.25, 0.3) is 0 Å². The van der Waals surface area contributed by atoms with E-state index in [4.69, 9.17) is 4.74 Å². The van der Waals surface area contributed by atoms with Crippen LogP contribution in [0.15, 0.2) is 54.6 Å². The number of aliphatic hydroxyl groups excluding tert-OH is 1. The van der Waals surface area contributed by atoms with Crippen LogP contribution in [0.4, 0.5) is 0 Å². The summed E-state index contributed by atoms with van der Waals surface area (Å²) < 4.78 is 5.77. The minimum Gasteiger partial charge on any atom is -0.494 e. The Bertz CT molecular complexity index is 565. The molecule has 0 spiro atoms. The first-order valence-corrected chi connectivity index (χ1v) is 7.78. The van der Waals surface area contributed by atoms with E-state index in [1.165, 1.54) is 5.56 Å². The third-order valence-electron chi connectivity index (χ3n) is 4.34. The Morgan fingerprint density at radius 3 is 2.62 bits per heavy atom. The van der Waals surface area contributed by atoms with Gasteiger partial charge < -0.3 is 9.84 Å². The summed E-state index contributed by atoms with van der Waals surface area (Å²) in [5, 5.41) is 10.6. The van der Waals surface area contributed by atoms with Crippen LogP contribution in [0, 0.1) is 5.92 Å². The van der Waals surface area contributed by atoms with E-state index in [1.807, 2.05) is 36.4 Å². The normalized spacial score (nSPS) is 21.4. The zero-order chi connectivity index (χ0) is 14.5. The highest BCUT2D eigenvalue weighted by atomic mass is 16.5. The van der Waals surface area contributed by atoms with Crippen molar-refractivity contribution in [3.8, 4) is 5.75 Å². The van der Waals surface area contributed by atoms with Crippen LogP contribution < -0.4 is 4.74 Å². The van der Waals surface area contributed by atoms with Crippen LogP contribution in [-0.2, 0) is 6.42 Å². The van der Waals surface area contributed by atoms with Gasteiger partial charge in [-0.3, -0.25) is 0 Å². The number of fused-ring (bicyclic) bond motifs is 1. The zero-order valence-electron chi connectivity index (χ0n) is 12.2. The third kappa shape index (κ3) is 3.45. The van der Waals surface area contributed by atoms with E-state index in [-0.39, 0.29) is 12.0 Å². The van der Waals surface area contributed by atoms with E-state index < -0.39 is 0 Å². The standard InChI is InChI=1S/C19H22O2/c20-19-16(13-14-21-17-10-2-1-3-11-17)9-6-8-15-7-4-5-12-18(15)19/h1-5,7,10-12,16,19-20H,6,8-9,13-14H2. The number of rotatable bonds is 4. The molecule has 0 amide bonds. The molecule has 0 aliphatic heterocycles. The molecule has 1 aliphatic carbocycles. The summed E-state index contributed by atoms with van der Waals surface area (Å²) in [4.78, 5) is 0. The molecule has 0 fully saturated rings. The second kappa shape index (κ2) is 6.77. The largest absolute Gasteiger partial charge is 0.494 e. The highest BCUT2D eigenvalue weighted by Gasteiger charge is 2.25. The van der Waals surface area contributed by atoms with Crippen LogP contribution in [0.2, 0.25) is 0 Å². The average molecular weight is 282 g/mol. The molecule has 2 heteroatoms. The van der Waals surface area contributed by atoms with E-state index >= 15 is 0 Å². The molecule has 21 heavy (non-hydrogen) atoms. The molecule has 3 rings (SSSR count). The maximum absolute atomic E-state index is 10.6. The van der Waals surface area contributed by atoms with Gasteiger partial charge in [0.1, 0.15) is 5.75 Å². The Morgan fingerprint density at radius 2 is 1.76 bits per heavy atom. The number of aryl methyl sites for hydroxylation is 1. The molecule has 2 aromatic rings. The summed E-state index contributed by atoms with van der Waals surface area (Å²) in [6.07, 6.45) is 3.81. The molecule has 0 saturated carbocycles. The number of hydrogen-bond acceptors (Lipinski definition) is 2. The fraction of sp³-hybridized carbons (Fsp3) is 0.368. The summed E-state index contributed by atoms with van der Waals surface area (Å²) >= 11 is 0. The van der Waals surface area contributed by atoms with E-state index in [0.717, 1.165) is 37.0 Å². The van der Waals surface area contributed by atoms with Gasteiger partial charge in [-0.15, -0.1) is 0 Å². The maximum Gasteiger partial charge on any atom is 0.119 e. The van der Waals surface area contributed by atoms with E-state index in [9.17, 15) is 5.11 Å². The number of hydrogen-bond donors (Lipinski definition) is 1. The Balaban J connectivity index is 1.61. The fourth-order valence-corrected chi connectivity index (χ4v) is 3.16. The lowest BCUT2D eigenvalue weighted by Gasteiger charge is -2.22. The molecule has 1 N–H and O–H groups in total. The quantitative estimate of drug-likeness (QED) is 0.854. The van der Waals surface area contributed by atoms with E-state index in [0.29, 0.717) is 6.61 Å². The van der Waals surface area contributed by atoms with Gasteiger partial charge in [-0.25, -0.2) is 0 Å². The minimum atomic E-state index is -0.358. The summed E-state index contributed by atoms with van der Waals surface area (Å²) in [6.45, 7) is 0.661. The van der Waals surface area contributed by atoms with Crippen molar-refractivity contribution in [2.45, 2.75) is 31.8 Å². The van der Waals surface area contributed by atoms with Gasteiger partial charge in [-0.1, -0.05) is 42.5 Å². The highest BCUT2D eigenvalue weighted by molar-refractivity contribution is 5.30. The van der Waals surface area contributed by atoms with Crippen molar-refractivity contribution in [2.75, 3.05) is 6.61 Å². The number of benzene rings is 2. The monoisotopic (exact) mass is 282 g/mol. The molecular formula is C19H22O2. The first-order valence-electron chi connectivity index (χ1n) is 7.78. The zero-order valence-corrected chi connectivity index (χ0v) is 12.2. The SMILES string of the molecule is OC1c2ccccc2CCCC1CCOc1ccccc1. The first kappa shape index (κ1) is 14.2. The van der Waals surface area contributed by atoms with Crippen LogP contribution >= 0.6 is 0 Å². The molecule has 2 unspecified atom stereocenters. The van der Waals surface area contributed by atoms with Gasteiger partial charge in [0, 0.05) is 0 Å². The number of aliphatic hydroxyl groups is 1. The summed E-state index contributed by atoms with van der Waals surface area (Å²) in [5.41, 5.74) is 2.41. The summed E-state index contributed by atoms with van der Waals surface area (Å²) in [6, 6.07) is 18.2. The van der Waals surface area contributed by atoms with Crippen molar-refractivity contribution in [1.82, 2.24) is 0 Å². The first-order chi connectivity index (χ1) is 10.3. The molecule has 0 radical (unpaired) electrons. The van der Waals surface area contributed by atoms with Crippen LogP contribution in [-0.4, -0.2) is 11.7 Å². The molecule has 0 saturated heterocycles. The maximum atomic E-state index is 10.6. The Labute approximate surface area is 126 Å². The fourth-order valence-electron chi connectivity index (χ4n) is 3.16. The Morgan fingerprint density at radius 1 is 1.00 bits per heavy atom. The van der Waals surface area contributed by atoms with Crippen molar-refractivity contribution in [1.29, 1.82) is 0 Å². The summed E-state index contributed by atoms with van der Waals surface area (Å²) in [7, 11) is 0. The highest BCUT2D eigenvalue weighted by Crippen LogP contribution is 2.34. The van der Waals surface area contributed by atoms with E-state index in [2.05, 4.69) is 18.2 Å². The lowest BCUT2D eigenvalue weighted by Crippen LogP contribution is -2.15. The second-order valence-corrected chi connectivity index (χ2v) is 5.75. The molecule has 0 heterocycles.